The normalized spacial score (nSPS) is 11.5. The van der Waals surface area contributed by atoms with Crippen molar-refractivity contribution in [3.05, 3.63) is 29.8 Å². The van der Waals surface area contributed by atoms with Gasteiger partial charge in [-0.1, -0.05) is 6.92 Å². The Morgan fingerprint density at radius 1 is 1.21 bits per heavy atom. The molecule has 0 aliphatic rings. The average Bonchev–Trinajstić information content (AvgIpc) is 2.44. The summed E-state index contributed by atoms with van der Waals surface area (Å²) in [5.74, 6) is -0.161. The highest BCUT2D eigenvalue weighted by molar-refractivity contribution is 5.94. The van der Waals surface area contributed by atoms with Crippen LogP contribution in [0.2, 0.25) is 0 Å². The monoisotopic (exact) mass is 263 g/mol. The van der Waals surface area contributed by atoms with Gasteiger partial charge in [0, 0.05) is 24.3 Å². The summed E-state index contributed by atoms with van der Waals surface area (Å²) in [5.41, 5.74) is 1.41. The third kappa shape index (κ3) is 4.99. The highest BCUT2D eigenvalue weighted by atomic mass is 16.2. The second kappa shape index (κ2) is 7.41. The lowest BCUT2D eigenvalue weighted by atomic mass is 10.2. The average molecular weight is 263 g/mol. The molecule has 0 saturated carbocycles. The van der Waals surface area contributed by atoms with Crippen LogP contribution < -0.4 is 16.0 Å². The second-order valence-corrected chi connectivity index (χ2v) is 4.39. The van der Waals surface area contributed by atoms with Gasteiger partial charge in [0.1, 0.15) is 0 Å². The summed E-state index contributed by atoms with van der Waals surface area (Å²) in [6, 6.07) is 7.17. The van der Waals surface area contributed by atoms with E-state index in [1.807, 2.05) is 13.8 Å². The molecule has 1 atom stereocenters. The smallest absolute Gasteiger partial charge is 0.251 e. The Bertz CT molecular complexity index is 429. The van der Waals surface area contributed by atoms with Gasteiger partial charge in [0.25, 0.3) is 5.91 Å². The number of rotatable bonds is 6. The molecule has 0 bridgehead atoms. The summed E-state index contributed by atoms with van der Waals surface area (Å²) in [7, 11) is 1.59. The number of carbonyl (C=O) groups is 2. The van der Waals surface area contributed by atoms with Crippen molar-refractivity contribution in [3.63, 3.8) is 0 Å². The lowest BCUT2D eigenvalue weighted by Crippen LogP contribution is -2.36. The first-order valence-corrected chi connectivity index (χ1v) is 6.42. The van der Waals surface area contributed by atoms with E-state index in [0.717, 1.165) is 12.1 Å². The number of amides is 2. The van der Waals surface area contributed by atoms with Crippen LogP contribution in [0.5, 0.6) is 0 Å². The Morgan fingerprint density at radius 3 is 2.37 bits per heavy atom. The van der Waals surface area contributed by atoms with Crippen LogP contribution in [-0.2, 0) is 4.79 Å². The Morgan fingerprint density at radius 2 is 1.84 bits per heavy atom. The fraction of sp³-hybridized carbons (Fsp3) is 0.429. The van der Waals surface area contributed by atoms with E-state index >= 15 is 0 Å². The highest BCUT2D eigenvalue weighted by Crippen LogP contribution is 2.08. The Balaban J connectivity index is 2.46. The highest BCUT2D eigenvalue weighted by Gasteiger charge is 2.06. The largest absolute Gasteiger partial charge is 0.376 e. The molecule has 1 rings (SSSR count). The number of nitrogens with one attached hydrogen (secondary N) is 3. The SMILES string of the molecule is CCC(C)NC(=O)CNc1ccc(C(=O)NC)cc1. The van der Waals surface area contributed by atoms with Crippen LogP contribution in [0.15, 0.2) is 24.3 Å². The zero-order chi connectivity index (χ0) is 14.3. The quantitative estimate of drug-likeness (QED) is 0.726. The van der Waals surface area contributed by atoms with Gasteiger partial charge in [-0.2, -0.15) is 0 Å². The molecule has 104 valence electrons. The Hall–Kier alpha value is -2.04. The molecule has 19 heavy (non-hydrogen) atoms. The van der Waals surface area contributed by atoms with Crippen molar-refractivity contribution in [2.24, 2.45) is 0 Å². The van der Waals surface area contributed by atoms with Crippen molar-refractivity contribution in [1.82, 2.24) is 10.6 Å². The molecule has 0 saturated heterocycles. The van der Waals surface area contributed by atoms with E-state index in [1.165, 1.54) is 0 Å². The predicted octanol–water partition coefficient (Wildman–Crippen LogP) is 1.37. The maximum atomic E-state index is 11.6. The maximum absolute atomic E-state index is 11.6. The first-order valence-electron chi connectivity index (χ1n) is 6.42. The lowest BCUT2D eigenvalue weighted by molar-refractivity contribution is -0.120. The summed E-state index contributed by atoms with van der Waals surface area (Å²) >= 11 is 0. The van der Waals surface area contributed by atoms with Crippen molar-refractivity contribution < 1.29 is 9.59 Å². The fourth-order valence-corrected chi connectivity index (χ4v) is 1.49. The van der Waals surface area contributed by atoms with Gasteiger partial charge in [0.2, 0.25) is 5.91 Å². The zero-order valence-electron chi connectivity index (χ0n) is 11.6. The molecule has 5 nitrogen and oxygen atoms in total. The fourth-order valence-electron chi connectivity index (χ4n) is 1.49. The number of hydrogen-bond donors (Lipinski definition) is 3. The standard InChI is InChI=1S/C14H21N3O2/c1-4-10(2)17-13(18)9-16-12-7-5-11(6-8-12)14(19)15-3/h5-8,10,16H,4,9H2,1-3H3,(H,15,19)(H,17,18). The molecule has 0 spiro atoms. The van der Waals surface area contributed by atoms with Crippen LogP contribution in [0.4, 0.5) is 5.69 Å². The zero-order valence-corrected chi connectivity index (χ0v) is 11.6. The number of benzene rings is 1. The van der Waals surface area contributed by atoms with Crippen molar-refractivity contribution in [3.8, 4) is 0 Å². The first kappa shape index (κ1) is 15.0. The Kier molecular flexibility index (Phi) is 5.85. The molecule has 0 radical (unpaired) electrons. The van der Waals surface area contributed by atoms with E-state index < -0.39 is 0 Å². The van der Waals surface area contributed by atoms with Gasteiger partial charge in [0.05, 0.1) is 6.54 Å². The summed E-state index contributed by atoms with van der Waals surface area (Å²) in [5, 5.41) is 8.44. The third-order valence-corrected chi connectivity index (χ3v) is 2.85. The van der Waals surface area contributed by atoms with Crippen LogP contribution in [-0.4, -0.2) is 31.4 Å². The molecule has 0 aliphatic carbocycles. The first-order chi connectivity index (χ1) is 9.06. The molecular weight excluding hydrogens is 242 g/mol. The van der Waals surface area contributed by atoms with Crippen molar-refractivity contribution >= 4 is 17.5 Å². The molecular formula is C14H21N3O2. The van der Waals surface area contributed by atoms with Gasteiger partial charge in [-0.05, 0) is 37.6 Å². The van der Waals surface area contributed by atoms with E-state index in [0.29, 0.717) is 5.56 Å². The van der Waals surface area contributed by atoms with E-state index in [1.54, 1.807) is 31.3 Å². The minimum absolute atomic E-state index is 0.0373. The molecule has 0 aliphatic heterocycles. The molecule has 1 aromatic carbocycles. The topological polar surface area (TPSA) is 70.2 Å². The molecule has 0 aromatic heterocycles. The van der Waals surface area contributed by atoms with Gasteiger partial charge >= 0.3 is 0 Å². The van der Waals surface area contributed by atoms with E-state index in [9.17, 15) is 9.59 Å². The second-order valence-electron chi connectivity index (χ2n) is 4.39. The van der Waals surface area contributed by atoms with Gasteiger partial charge in [-0.3, -0.25) is 9.59 Å². The third-order valence-electron chi connectivity index (χ3n) is 2.85. The molecule has 5 heteroatoms. The summed E-state index contributed by atoms with van der Waals surface area (Å²) in [6.07, 6.45) is 0.909. The van der Waals surface area contributed by atoms with Crippen LogP contribution in [0, 0.1) is 0 Å². The van der Waals surface area contributed by atoms with Crippen molar-refractivity contribution in [1.29, 1.82) is 0 Å². The van der Waals surface area contributed by atoms with Gasteiger partial charge in [-0.15, -0.1) is 0 Å². The predicted molar refractivity (Wildman–Crippen MR) is 76.2 cm³/mol. The minimum Gasteiger partial charge on any atom is -0.376 e. The molecule has 1 aromatic rings. The van der Waals surface area contributed by atoms with Gasteiger partial charge < -0.3 is 16.0 Å². The minimum atomic E-state index is -0.124. The molecule has 0 fully saturated rings. The van der Waals surface area contributed by atoms with Gasteiger partial charge in [-0.25, -0.2) is 0 Å². The molecule has 1 unspecified atom stereocenters. The van der Waals surface area contributed by atoms with Crippen LogP contribution in [0.3, 0.4) is 0 Å². The summed E-state index contributed by atoms with van der Waals surface area (Å²) in [6.45, 7) is 4.22. The van der Waals surface area contributed by atoms with Crippen molar-refractivity contribution in [2.45, 2.75) is 26.3 Å². The Labute approximate surface area is 113 Å². The van der Waals surface area contributed by atoms with E-state index in [-0.39, 0.29) is 24.4 Å². The number of hydrogen-bond acceptors (Lipinski definition) is 3. The number of anilines is 1. The summed E-state index contributed by atoms with van der Waals surface area (Å²) in [4.78, 5) is 22.9. The van der Waals surface area contributed by atoms with E-state index in [4.69, 9.17) is 0 Å². The maximum Gasteiger partial charge on any atom is 0.251 e. The number of carbonyl (C=O) groups excluding carboxylic acids is 2. The lowest BCUT2D eigenvalue weighted by Gasteiger charge is -2.12. The molecule has 2 amide bonds. The van der Waals surface area contributed by atoms with Gasteiger partial charge in [0.15, 0.2) is 0 Å². The van der Waals surface area contributed by atoms with Crippen LogP contribution in [0.25, 0.3) is 0 Å². The summed E-state index contributed by atoms with van der Waals surface area (Å²) < 4.78 is 0. The van der Waals surface area contributed by atoms with Crippen LogP contribution >= 0.6 is 0 Å². The van der Waals surface area contributed by atoms with E-state index in [2.05, 4.69) is 16.0 Å². The molecule has 3 N–H and O–H groups in total. The van der Waals surface area contributed by atoms with Crippen LogP contribution in [0.1, 0.15) is 30.6 Å². The van der Waals surface area contributed by atoms with Crippen molar-refractivity contribution in [2.75, 3.05) is 18.9 Å². The molecule has 0 heterocycles.